The molecule has 0 heterocycles. The average molecular weight is 294 g/mol. The topological polar surface area (TPSA) is 75.3 Å². The highest BCUT2D eigenvalue weighted by Crippen LogP contribution is 2.39. The Morgan fingerprint density at radius 3 is 2.57 bits per heavy atom. The maximum absolute atomic E-state index is 13.2. The molecule has 1 aliphatic rings. The number of rotatable bonds is 3. The summed E-state index contributed by atoms with van der Waals surface area (Å²) in [6.45, 7) is 4.52. The van der Waals surface area contributed by atoms with Gasteiger partial charge in [0.05, 0.1) is 11.2 Å². The SMILES string of the molecule is CC1(C)CCC(O)(CNC(=O)c2cc(F)ccc2N)CC1. The molecule has 1 saturated carbocycles. The van der Waals surface area contributed by atoms with Crippen LogP contribution in [-0.4, -0.2) is 23.2 Å². The zero-order valence-corrected chi connectivity index (χ0v) is 12.6. The number of nitrogen functional groups attached to an aromatic ring is 1. The third-order valence-corrected chi connectivity index (χ3v) is 4.37. The number of nitrogens with one attached hydrogen (secondary N) is 1. The van der Waals surface area contributed by atoms with Crippen molar-refractivity contribution < 1.29 is 14.3 Å². The number of nitrogens with two attached hydrogens (primary N) is 1. The Morgan fingerprint density at radius 1 is 1.33 bits per heavy atom. The number of halogens is 1. The van der Waals surface area contributed by atoms with Gasteiger partial charge in [0.1, 0.15) is 5.82 Å². The highest BCUT2D eigenvalue weighted by molar-refractivity contribution is 5.99. The van der Waals surface area contributed by atoms with Crippen LogP contribution in [0.1, 0.15) is 49.9 Å². The van der Waals surface area contributed by atoms with E-state index >= 15 is 0 Å². The Kier molecular flexibility index (Phi) is 4.23. The first kappa shape index (κ1) is 15.8. The largest absolute Gasteiger partial charge is 0.398 e. The molecular formula is C16H23FN2O2. The van der Waals surface area contributed by atoms with Gasteiger partial charge in [-0.1, -0.05) is 13.8 Å². The highest BCUT2D eigenvalue weighted by Gasteiger charge is 2.36. The summed E-state index contributed by atoms with van der Waals surface area (Å²) >= 11 is 0. The van der Waals surface area contributed by atoms with E-state index < -0.39 is 17.3 Å². The molecule has 0 unspecified atom stereocenters. The van der Waals surface area contributed by atoms with E-state index in [9.17, 15) is 14.3 Å². The Balaban J connectivity index is 1.97. The van der Waals surface area contributed by atoms with Gasteiger partial charge in [0.25, 0.3) is 5.91 Å². The van der Waals surface area contributed by atoms with Crippen molar-refractivity contribution in [1.82, 2.24) is 5.32 Å². The van der Waals surface area contributed by atoms with E-state index in [-0.39, 0.29) is 23.2 Å². The van der Waals surface area contributed by atoms with E-state index in [1.165, 1.54) is 12.1 Å². The number of anilines is 1. The van der Waals surface area contributed by atoms with Gasteiger partial charge >= 0.3 is 0 Å². The number of benzene rings is 1. The smallest absolute Gasteiger partial charge is 0.253 e. The van der Waals surface area contributed by atoms with Crippen LogP contribution in [0.4, 0.5) is 10.1 Å². The molecule has 0 aromatic heterocycles. The predicted molar refractivity (Wildman–Crippen MR) is 80.3 cm³/mol. The summed E-state index contributed by atoms with van der Waals surface area (Å²) in [5.74, 6) is -0.960. The van der Waals surface area contributed by atoms with E-state index in [2.05, 4.69) is 19.2 Å². The van der Waals surface area contributed by atoms with Crippen LogP contribution in [0.5, 0.6) is 0 Å². The molecule has 4 N–H and O–H groups in total. The van der Waals surface area contributed by atoms with Crippen LogP contribution in [0, 0.1) is 11.2 Å². The Hall–Kier alpha value is -1.62. The quantitative estimate of drug-likeness (QED) is 0.750. The van der Waals surface area contributed by atoms with Crippen molar-refractivity contribution in [3.05, 3.63) is 29.6 Å². The number of amides is 1. The van der Waals surface area contributed by atoms with Gasteiger partial charge in [0, 0.05) is 12.2 Å². The minimum atomic E-state index is -0.882. The number of carbonyl (C=O) groups is 1. The van der Waals surface area contributed by atoms with E-state index in [4.69, 9.17) is 5.73 Å². The Bertz CT molecular complexity index is 533. The van der Waals surface area contributed by atoms with Gasteiger partial charge in [0.15, 0.2) is 0 Å². The third-order valence-electron chi connectivity index (χ3n) is 4.37. The van der Waals surface area contributed by atoms with Crippen molar-refractivity contribution >= 4 is 11.6 Å². The van der Waals surface area contributed by atoms with Gasteiger partial charge < -0.3 is 16.2 Å². The first-order chi connectivity index (χ1) is 9.71. The predicted octanol–water partition coefficient (Wildman–Crippen LogP) is 2.47. The lowest BCUT2D eigenvalue weighted by Gasteiger charge is -2.40. The molecule has 0 radical (unpaired) electrons. The molecule has 0 atom stereocenters. The zero-order valence-electron chi connectivity index (χ0n) is 12.6. The van der Waals surface area contributed by atoms with Crippen molar-refractivity contribution in [2.45, 2.75) is 45.1 Å². The molecule has 1 aliphatic carbocycles. The van der Waals surface area contributed by atoms with E-state index in [0.717, 1.165) is 18.9 Å². The molecule has 0 bridgehead atoms. The Morgan fingerprint density at radius 2 is 1.95 bits per heavy atom. The zero-order chi connectivity index (χ0) is 15.7. The molecule has 4 nitrogen and oxygen atoms in total. The standard InChI is InChI=1S/C16H23FN2O2/c1-15(2)5-7-16(21,8-6-15)10-19-14(20)12-9-11(17)3-4-13(12)18/h3-4,9,21H,5-8,10,18H2,1-2H3,(H,19,20). The van der Waals surface area contributed by atoms with Crippen molar-refractivity contribution in [2.75, 3.05) is 12.3 Å². The van der Waals surface area contributed by atoms with Crippen LogP contribution in [0.25, 0.3) is 0 Å². The first-order valence-corrected chi connectivity index (χ1v) is 7.26. The van der Waals surface area contributed by atoms with E-state index in [1.54, 1.807) is 0 Å². The summed E-state index contributed by atoms with van der Waals surface area (Å²) in [5.41, 5.74) is 5.37. The highest BCUT2D eigenvalue weighted by atomic mass is 19.1. The van der Waals surface area contributed by atoms with Crippen molar-refractivity contribution in [1.29, 1.82) is 0 Å². The summed E-state index contributed by atoms with van der Waals surface area (Å²) in [6.07, 6.45) is 3.14. The normalized spacial score (nSPS) is 20.0. The Labute approximate surface area is 124 Å². The van der Waals surface area contributed by atoms with Crippen LogP contribution in [0.2, 0.25) is 0 Å². The van der Waals surface area contributed by atoms with Crippen LogP contribution in [-0.2, 0) is 0 Å². The maximum atomic E-state index is 13.2. The molecule has 21 heavy (non-hydrogen) atoms. The van der Waals surface area contributed by atoms with Crippen LogP contribution in [0.3, 0.4) is 0 Å². The van der Waals surface area contributed by atoms with Crippen LogP contribution < -0.4 is 11.1 Å². The molecular weight excluding hydrogens is 271 g/mol. The summed E-state index contributed by atoms with van der Waals surface area (Å²) in [4.78, 5) is 12.1. The van der Waals surface area contributed by atoms with E-state index in [1.807, 2.05) is 0 Å². The molecule has 0 aliphatic heterocycles. The van der Waals surface area contributed by atoms with Gasteiger partial charge in [-0.2, -0.15) is 0 Å². The fraction of sp³-hybridized carbons (Fsp3) is 0.562. The molecule has 1 fully saturated rings. The third kappa shape index (κ3) is 3.94. The first-order valence-electron chi connectivity index (χ1n) is 7.26. The molecule has 0 saturated heterocycles. The van der Waals surface area contributed by atoms with Crippen molar-refractivity contribution in [3.63, 3.8) is 0 Å². The lowest BCUT2D eigenvalue weighted by atomic mass is 9.71. The fourth-order valence-corrected chi connectivity index (χ4v) is 2.63. The number of hydrogen-bond acceptors (Lipinski definition) is 3. The molecule has 0 spiro atoms. The summed E-state index contributed by atoms with van der Waals surface area (Å²) in [5, 5.41) is 13.2. The summed E-state index contributed by atoms with van der Waals surface area (Å²) in [7, 11) is 0. The number of carbonyl (C=O) groups excluding carboxylic acids is 1. The molecule has 5 heteroatoms. The minimum absolute atomic E-state index is 0.106. The number of aliphatic hydroxyl groups is 1. The lowest BCUT2D eigenvalue weighted by molar-refractivity contribution is -0.0233. The fourth-order valence-electron chi connectivity index (χ4n) is 2.63. The van der Waals surface area contributed by atoms with Gasteiger partial charge in [-0.25, -0.2) is 4.39 Å². The van der Waals surface area contributed by atoms with Crippen molar-refractivity contribution in [3.8, 4) is 0 Å². The van der Waals surface area contributed by atoms with Gasteiger partial charge in [0.2, 0.25) is 0 Å². The summed E-state index contributed by atoms with van der Waals surface area (Å²) < 4.78 is 13.2. The average Bonchev–Trinajstić information content (AvgIpc) is 2.43. The maximum Gasteiger partial charge on any atom is 0.253 e. The number of hydrogen-bond donors (Lipinski definition) is 3. The van der Waals surface area contributed by atoms with Gasteiger partial charge in [-0.05, 0) is 49.3 Å². The second kappa shape index (κ2) is 5.64. The minimum Gasteiger partial charge on any atom is -0.398 e. The van der Waals surface area contributed by atoms with Gasteiger partial charge in [-0.15, -0.1) is 0 Å². The molecule has 1 amide bonds. The lowest BCUT2D eigenvalue weighted by Crippen LogP contribution is -2.46. The van der Waals surface area contributed by atoms with Crippen LogP contribution >= 0.6 is 0 Å². The molecule has 1 aromatic rings. The monoisotopic (exact) mass is 294 g/mol. The van der Waals surface area contributed by atoms with E-state index in [0.29, 0.717) is 12.8 Å². The summed E-state index contributed by atoms with van der Waals surface area (Å²) in [6, 6.07) is 3.68. The molecule has 1 aromatic carbocycles. The molecule has 116 valence electrons. The second-order valence-electron chi connectivity index (χ2n) is 6.80. The van der Waals surface area contributed by atoms with Gasteiger partial charge in [-0.3, -0.25) is 4.79 Å². The molecule has 2 rings (SSSR count). The van der Waals surface area contributed by atoms with Crippen molar-refractivity contribution in [2.24, 2.45) is 5.41 Å². The van der Waals surface area contributed by atoms with Crippen LogP contribution in [0.15, 0.2) is 18.2 Å². The second-order valence-corrected chi connectivity index (χ2v) is 6.80.